The lowest BCUT2D eigenvalue weighted by Crippen LogP contribution is -2.38. The molecule has 1 aromatic carbocycles. The summed E-state index contributed by atoms with van der Waals surface area (Å²) < 4.78 is 39.6. The second kappa shape index (κ2) is 6.60. The van der Waals surface area contributed by atoms with Crippen molar-refractivity contribution in [1.82, 2.24) is 5.32 Å². The molecule has 112 valence electrons. The third-order valence-corrected chi connectivity index (χ3v) is 2.85. The summed E-state index contributed by atoms with van der Waals surface area (Å²) >= 11 is 0. The fourth-order valence-electron chi connectivity index (χ4n) is 1.40. The first-order valence-electron chi connectivity index (χ1n) is 6.00. The van der Waals surface area contributed by atoms with Crippen LogP contribution in [0.3, 0.4) is 0 Å². The number of rotatable bonds is 5. The molecule has 0 saturated heterocycles. The van der Waals surface area contributed by atoms with Crippen LogP contribution in [-0.4, -0.2) is 30.0 Å². The molecule has 0 aliphatic carbocycles. The van der Waals surface area contributed by atoms with Crippen LogP contribution in [0.1, 0.15) is 24.2 Å². The zero-order chi connectivity index (χ0) is 15.3. The van der Waals surface area contributed by atoms with Crippen molar-refractivity contribution in [2.75, 3.05) is 6.61 Å². The highest BCUT2D eigenvalue weighted by Gasteiger charge is 2.31. The standard InChI is InChI=1S/C13H16F3NO3/c1-8(7-18)9(2)17-12(19)10-3-5-11(6-4-10)20-13(14,15)16/h3-6,8-9,18H,7H2,1-2H3,(H,17,19). The normalized spacial score (nSPS) is 14.5. The monoisotopic (exact) mass is 291 g/mol. The quantitative estimate of drug-likeness (QED) is 0.875. The second-order valence-corrected chi connectivity index (χ2v) is 4.49. The maximum atomic E-state index is 12.0. The number of aliphatic hydroxyl groups excluding tert-OH is 1. The number of halogens is 3. The van der Waals surface area contributed by atoms with Crippen LogP contribution in [0.5, 0.6) is 5.75 Å². The predicted molar refractivity (Wildman–Crippen MR) is 66.3 cm³/mol. The van der Waals surface area contributed by atoms with Crippen molar-refractivity contribution in [2.45, 2.75) is 26.3 Å². The molecule has 2 unspecified atom stereocenters. The summed E-state index contributed by atoms with van der Waals surface area (Å²) in [4.78, 5) is 11.8. The van der Waals surface area contributed by atoms with Gasteiger partial charge in [0.2, 0.25) is 0 Å². The molecule has 0 aliphatic rings. The molecule has 2 atom stereocenters. The largest absolute Gasteiger partial charge is 0.573 e. The zero-order valence-corrected chi connectivity index (χ0v) is 11.1. The van der Waals surface area contributed by atoms with Crippen LogP contribution in [0.25, 0.3) is 0 Å². The maximum Gasteiger partial charge on any atom is 0.573 e. The Kier molecular flexibility index (Phi) is 5.38. The van der Waals surface area contributed by atoms with Crippen molar-refractivity contribution >= 4 is 5.91 Å². The molecular weight excluding hydrogens is 275 g/mol. The van der Waals surface area contributed by atoms with Gasteiger partial charge in [0.1, 0.15) is 5.75 Å². The van der Waals surface area contributed by atoms with Gasteiger partial charge in [-0.25, -0.2) is 0 Å². The van der Waals surface area contributed by atoms with Crippen molar-refractivity contribution in [3.63, 3.8) is 0 Å². The van der Waals surface area contributed by atoms with Gasteiger partial charge in [-0.15, -0.1) is 13.2 Å². The first-order valence-corrected chi connectivity index (χ1v) is 6.00. The average molecular weight is 291 g/mol. The highest BCUT2D eigenvalue weighted by molar-refractivity contribution is 5.94. The minimum Gasteiger partial charge on any atom is -0.406 e. The molecule has 7 heteroatoms. The van der Waals surface area contributed by atoms with E-state index in [-0.39, 0.29) is 29.9 Å². The second-order valence-electron chi connectivity index (χ2n) is 4.49. The van der Waals surface area contributed by atoms with Crippen LogP contribution in [0.15, 0.2) is 24.3 Å². The summed E-state index contributed by atoms with van der Waals surface area (Å²) in [5.41, 5.74) is 0.219. The maximum absolute atomic E-state index is 12.0. The molecule has 0 radical (unpaired) electrons. The van der Waals surface area contributed by atoms with Crippen LogP contribution < -0.4 is 10.1 Å². The summed E-state index contributed by atoms with van der Waals surface area (Å²) in [5, 5.41) is 11.6. The Labute approximate surface area is 114 Å². The van der Waals surface area contributed by atoms with E-state index in [0.717, 1.165) is 12.1 Å². The molecule has 20 heavy (non-hydrogen) atoms. The van der Waals surface area contributed by atoms with E-state index in [0.29, 0.717) is 0 Å². The number of benzene rings is 1. The average Bonchev–Trinajstić information content (AvgIpc) is 2.36. The number of amides is 1. The first-order chi connectivity index (χ1) is 9.23. The molecule has 0 aliphatic heterocycles. The van der Waals surface area contributed by atoms with Gasteiger partial charge in [0.25, 0.3) is 5.91 Å². The Morgan fingerprint density at radius 2 is 1.85 bits per heavy atom. The smallest absolute Gasteiger partial charge is 0.406 e. The molecular formula is C13H16F3NO3. The van der Waals surface area contributed by atoms with E-state index in [9.17, 15) is 18.0 Å². The number of hydrogen-bond acceptors (Lipinski definition) is 3. The van der Waals surface area contributed by atoms with Gasteiger partial charge in [-0.05, 0) is 37.1 Å². The minimum atomic E-state index is -4.76. The minimum absolute atomic E-state index is 0.0696. The van der Waals surface area contributed by atoms with Crippen LogP contribution >= 0.6 is 0 Å². The number of carbonyl (C=O) groups is 1. The topological polar surface area (TPSA) is 58.6 Å². The highest BCUT2D eigenvalue weighted by atomic mass is 19.4. The molecule has 1 amide bonds. The van der Waals surface area contributed by atoms with Gasteiger partial charge in [0.05, 0.1) is 0 Å². The molecule has 4 nitrogen and oxygen atoms in total. The van der Waals surface area contributed by atoms with Crippen LogP contribution in [0.2, 0.25) is 0 Å². The highest BCUT2D eigenvalue weighted by Crippen LogP contribution is 2.22. The lowest BCUT2D eigenvalue weighted by atomic mass is 10.0. The third kappa shape index (κ3) is 5.08. The van der Waals surface area contributed by atoms with E-state index < -0.39 is 12.3 Å². The van der Waals surface area contributed by atoms with Gasteiger partial charge in [0.15, 0.2) is 0 Å². The summed E-state index contributed by atoms with van der Waals surface area (Å²) in [7, 11) is 0. The lowest BCUT2D eigenvalue weighted by molar-refractivity contribution is -0.274. The third-order valence-electron chi connectivity index (χ3n) is 2.85. The number of carbonyl (C=O) groups excluding carboxylic acids is 1. The van der Waals surface area contributed by atoms with E-state index >= 15 is 0 Å². The van der Waals surface area contributed by atoms with Crippen molar-refractivity contribution in [1.29, 1.82) is 0 Å². The van der Waals surface area contributed by atoms with E-state index in [1.54, 1.807) is 13.8 Å². The molecule has 1 rings (SSSR count). The van der Waals surface area contributed by atoms with Gasteiger partial charge in [-0.2, -0.15) is 0 Å². The fourth-order valence-corrected chi connectivity index (χ4v) is 1.40. The van der Waals surface area contributed by atoms with E-state index in [2.05, 4.69) is 10.1 Å². The summed E-state index contributed by atoms with van der Waals surface area (Å²) in [5.74, 6) is -0.922. The van der Waals surface area contributed by atoms with Crippen LogP contribution in [0, 0.1) is 5.92 Å². The summed E-state index contributed by atoms with van der Waals surface area (Å²) in [6.07, 6.45) is -4.76. The molecule has 0 bridgehead atoms. The van der Waals surface area contributed by atoms with E-state index in [4.69, 9.17) is 5.11 Å². The Balaban J connectivity index is 2.66. The van der Waals surface area contributed by atoms with Crippen LogP contribution in [-0.2, 0) is 0 Å². The summed E-state index contributed by atoms with van der Waals surface area (Å²) in [6, 6.07) is 4.38. The number of aliphatic hydroxyl groups is 1. The Morgan fingerprint density at radius 3 is 2.30 bits per heavy atom. The zero-order valence-electron chi connectivity index (χ0n) is 11.1. The van der Waals surface area contributed by atoms with E-state index in [1.807, 2.05) is 0 Å². The molecule has 2 N–H and O–H groups in total. The molecule has 0 aromatic heterocycles. The number of alkyl halides is 3. The van der Waals surface area contributed by atoms with Gasteiger partial charge >= 0.3 is 6.36 Å². The predicted octanol–water partition coefficient (Wildman–Crippen LogP) is 2.33. The molecule has 0 fully saturated rings. The SMILES string of the molecule is CC(CO)C(C)NC(=O)c1ccc(OC(F)(F)F)cc1. The molecule has 1 aromatic rings. The first kappa shape index (κ1) is 16.3. The van der Waals surface area contributed by atoms with Gasteiger partial charge in [-0.1, -0.05) is 6.92 Å². The number of ether oxygens (including phenoxy) is 1. The van der Waals surface area contributed by atoms with Crippen molar-refractivity contribution in [2.24, 2.45) is 5.92 Å². The lowest BCUT2D eigenvalue weighted by Gasteiger charge is -2.19. The Hall–Kier alpha value is -1.76. The van der Waals surface area contributed by atoms with Gasteiger partial charge in [0, 0.05) is 18.2 Å². The van der Waals surface area contributed by atoms with Crippen molar-refractivity contribution < 1.29 is 27.8 Å². The van der Waals surface area contributed by atoms with Gasteiger partial charge in [-0.3, -0.25) is 4.79 Å². The molecule has 0 heterocycles. The summed E-state index contributed by atoms with van der Waals surface area (Å²) in [6.45, 7) is 3.44. The Bertz CT molecular complexity index is 445. The van der Waals surface area contributed by atoms with Crippen LogP contribution in [0.4, 0.5) is 13.2 Å². The van der Waals surface area contributed by atoms with Gasteiger partial charge < -0.3 is 15.2 Å². The van der Waals surface area contributed by atoms with Crippen molar-refractivity contribution in [3.05, 3.63) is 29.8 Å². The number of nitrogens with one attached hydrogen (secondary N) is 1. The molecule has 0 saturated carbocycles. The molecule has 0 spiro atoms. The van der Waals surface area contributed by atoms with E-state index in [1.165, 1.54) is 12.1 Å². The fraction of sp³-hybridized carbons (Fsp3) is 0.462. The van der Waals surface area contributed by atoms with Crippen molar-refractivity contribution in [3.8, 4) is 5.75 Å². The Morgan fingerprint density at radius 1 is 1.30 bits per heavy atom. The number of hydrogen-bond donors (Lipinski definition) is 2.